The van der Waals surface area contributed by atoms with Gasteiger partial charge in [-0.25, -0.2) is 0 Å². The van der Waals surface area contributed by atoms with Gasteiger partial charge in [0, 0.05) is 0 Å². The van der Waals surface area contributed by atoms with Gasteiger partial charge in [0.1, 0.15) is 5.75 Å². The average molecular weight is 196 g/mol. The summed E-state index contributed by atoms with van der Waals surface area (Å²) in [6.45, 7) is 0. The Morgan fingerprint density at radius 2 is 2.50 bits per heavy atom. The van der Waals surface area contributed by atoms with Crippen LogP contribution in [0.1, 0.15) is 6.30 Å². The Bertz CT molecular complexity index is 264. The van der Waals surface area contributed by atoms with Crippen molar-refractivity contribution in [3.05, 3.63) is 16.3 Å². The molecule has 3 nitrogen and oxygen atoms in total. The Morgan fingerprint density at radius 3 is 2.92 bits per heavy atom. The summed E-state index contributed by atoms with van der Waals surface area (Å²) in [5.41, 5.74) is 0. The van der Waals surface area contributed by atoms with Crippen molar-refractivity contribution in [1.82, 2.24) is 0 Å². The number of carbonyl (C=O) groups is 1. The molecule has 1 N–H and O–H groups in total. The van der Waals surface area contributed by atoms with Crippen LogP contribution in [0.25, 0.3) is 0 Å². The second-order valence-corrected chi connectivity index (χ2v) is 2.98. The van der Waals surface area contributed by atoms with Crippen LogP contribution in [0.4, 0.5) is 0 Å². The van der Waals surface area contributed by atoms with Gasteiger partial charge in [0.2, 0.25) is 0 Å². The van der Waals surface area contributed by atoms with E-state index in [-0.39, 0.29) is 49.1 Å². The van der Waals surface area contributed by atoms with Crippen molar-refractivity contribution in [2.75, 3.05) is 7.11 Å². The Morgan fingerprint density at radius 1 is 1.83 bits per heavy atom. The first-order valence-electron chi connectivity index (χ1n) is 3.06. The number of hydrogen-bond donors (Lipinski definition) is 1. The molecule has 1 aromatic heterocycles. The molecule has 12 heavy (non-hydrogen) atoms. The van der Waals surface area contributed by atoms with Crippen LogP contribution in [-0.4, -0.2) is 18.2 Å². The van der Waals surface area contributed by atoms with E-state index in [0.29, 0.717) is 4.88 Å². The molecule has 1 heterocycles. The van der Waals surface area contributed by atoms with E-state index in [1.54, 1.807) is 11.4 Å². The Labute approximate surface area is 98.1 Å². The third kappa shape index (κ3) is 3.15. The number of hydrogen-bond acceptors (Lipinski definition) is 4. The summed E-state index contributed by atoms with van der Waals surface area (Å²) >= 11 is 1.34. The summed E-state index contributed by atoms with van der Waals surface area (Å²) in [4.78, 5) is 11.4. The molecular formula is C7H9NaO3S. The van der Waals surface area contributed by atoms with E-state index in [2.05, 4.69) is 4.74 Å². The van der Waals surface area contributed by atoms with Gasteiger partial charge in [0.15, 0.2) is 0 Å². The van der Waals surface area contributed by atoms with Gasteiger partial charge in [-0.15, -0.1) is 11.3 Å². The van der Waals surface area contributed by atoms with Crippen LogP contribution in [0, 0.1) is 0 Å². The molecule has 0 saturated carbocycles. The molecule has 0 unspecified atom stereocenters. The molecule has 5 heteroatoms. The fraction of sp³-hybridized carbons (Fsp3) is 0.286. The number of carbonyl (C=O) groups excluding carboxylic acids is 1. The molecule has 0 aliphatic heterocycles. The number of rotatable bonds is 2. The molecule has 0 aliphatic carbocycles. The standard InChI is InChI=1S/C7H8O3S.Na.H/c1-10-7(9)4-6-5(8)2-3-11-6;;/h2-3,8H,4H2,1H3;;/q;+1;-1. The van der Waals surface area contributed by atoms with E-state index in [0.717, 1.165) is 0 Å². The second kappa shape index (κ2) is 5.59. The number of thiophene rings is 1. The van der Waals surface area contributed by atoms with Gasteiger partial charge in [-0.3, -0.25) is 4.79 Å². The first-order chi connectivity index (χ1) is 5.24. The van der Waals surface area contributed by atoms with E-state index < -0.39 is 0 Å². The molecule has 0 radical (unpaired) electrons. The van der Waals surface area contributed by atoms with Crippen LogP contribution < -0.4 is 29.6 Å². The number of ether oxygens (including phenoxy) is 1. The predicted octanol–water partition coefficient (Wildman–Crippen LogP) is -1.71. The van der Waals surface area contributed by atoms with Crippen LogP contribution in [0.5, 0.6) is 5.75 Å². The fourth-order valence-corrected chi connectivity index (χ4v) is 1.42. The van der Waals surface area contributed by atoms with Crippen molar-refractivity contribution < 1.29 is 45.6 Å². The van der Waals surface area contributed by atoms with E-state index in [1.807, 2.05) is 0 Å². The maximum Gasteiger partial charge on any atom is 1.00 e. The van der Waals surface area contributed by atoms with Crippen LogP contribution >= 0.6 is 11.3 Å². The van der Waals surface area contributed by atoms with Crippen molar-refractivity contribution in [3.63, 3.8) is 0 Å². The van der Waals surface area contributed by atoms with Crippen LogP contribution in [0.15, 0.2) is 11.4 Å². The molecule has 0 aliphatic rings. The zero-order valence-corrected chi connectivity index (χ0v) is 9.85. The largest absolute Gasteiger partial charge is 1.00 e. The maximum absolute atomic E-state index is 10.7. The minimum atomic E-state index is -0.331. The van der Waals surface area contributed by atoms with Crippen LogP contribution in [0.2, 0.25) is 0 Å². The minimum absolute atomic E-state index is 0. The minimum Gasteiger partial charge on any atom is -1.00 e. The molecule has 62 valence electrons. The van der Waals surface area contributed by atoms with Crippen molar-refractivity contribution in [3.8, 4) is 5.75 Å². The summed E-state index contributed by atoms with van der Waals surface area (Å²) in [6, 6.07) is 1.56. The molecule has 0 saturated heterocycles. The molecule has 0 spiro atoms. The third-order valence-corrected chi connectivity index (χ3v) is 2.16. The SMILES string of the molecule is COC(=O)Cc1sccc1O.[H-].[Na+]. The molecule has 0 aromatic carbocycles. The topological polar surface area (TPSA) is 46.5 Å². The quantitative estimate of drug-likeness (QED) is 0.452. The van der Waals surface area contributed by atoms with E-state index in [4.69, 9.17) is 5.11 Å². The van der Waals surface area contributed by atoms with Crippen LogP contribution in [-0.2, 0) is 16.0 Å². The number of aromatic hydroxyl groups is 1. The summed E-state index contributed by atoms with van der Waals surface area (Å²) in [6.07, 6.45) is 0.153. The maximum atomic E-state index is 10.7. The molecule has 0 atom stereocenters. The Hall–Kier alpha value is -0.0300. The van der Waals surface area contributed by atoms with Crippen molar-refractivity contribution in [2.24, 2.45) is 0 Å². The zero-order valence-electron chi connectivity index (χ0n) is 8.03. The summed E-state index contributed by atoms with van der Waals surface area (Å²) in [7, 11) is 1.33. The smallest absolute Gasteiger partial charge is 1.00 e. The molecular weight excluding hydrogens is 187 g/mol. The molecule has 0 bridgehead atoms. The van der Waals surface area contributed by atoms with E-state index in [1.165, 1.54) is 18.4 Å². The Balaban J connectivity index is 0. The van der Waals surface area contributed by atoms with Gasteiger partial charge in [-0.2, -0.15) is 0 Å². The summed E-state index contributed by atoms with van der Waals surface area (Å²) < 4.78 is 4.44. The first-order valence-corrected chi connectivity index (χ1v) is 3.94. The fourth-order valence-electron chi connectivity index (χ4n) is 0.669. The number of methoxy groups -OCH3 is 1. The first kappa shape index (κ1) is 12.0. The Kier molecular flexibility index (Phi) is 5.57. The summed E-state index contributed by atoms with van der Waals surface area (Å²) in [5.74, 6) is -0.164. The van der Waals surface area contributed by atoms with Gasteiger partial charge >= 0.3 is 35.5 Å². The molecule has 0 fully saturated rings. The van der Waals surface area contributed by atoms with Crippen molar-refractivity contribution >= 4 is 17.3 Å². The van der Waals surface area contributed by atoms with E-state index >= 15 is 0 Å². The van der Waals surface area contributed by atoms with E-state index in [9.17, 15) is 4.79 Å². The van der Waals surface area contributed by atoms with Crippen molar-refractivity contribution in [2.45, 2.75) is 6.42 Å². The number of esters is 1. The van der Waals surface area contributed by atoms with Gasteiger partial charge < -0.3 is 11.3 Å². The zero-order chi connectivity index (χ0) is 8.27. The molecule has 1 aromatic rings. The monoisotopic (exact) mass is 196 g/mol. The predicted molar refractivity (Wildman–Crippen MR) is 42.8 cm³/mol. The van der Waals surface area contributed by atoms with Gasteiger partial charge in [0.25, 0.3) is 0 Å². The van der Waals surface area contributed by atoms with Gasteiger partial charge in [-0.05, 0) is 11.4 Å². The van der Waals surface area contributed by atoms with Crippen LogP contribution in [0.3, 0.4) is 0 Å². The third-order valence-electron chi connectivity index (χ3n) is 1.25. The molecule has 1 rings (SSSR count). The van der Waals surface area contributed by atoms with Gasteiger partial charge in [-0.1, -0.05) is 0 Å². The average Bonchev–Trinajstić information content (AvgIpc) is 2.37. The van der Waals surface area contributed by atoms with Crippen molar-refractivity contribution in [1.29, 1.82) is 0 Å². The normalized spacial score (nSPS) is 8.75. The second-order valence-electron chi connectivity index (χ2n) is 1.98. The molecule has 0 amide bonds. The van der Waals surface area contributed by atoms with Gasteiger partial charge in [0.05, 0.1) is 18.4 Å². The summed E-state index contributed by atoms with van der Waals surface area (Å²) in [5, 5.41) is 10.8.